The van der Waals surface area contributed by atoms with Gasteiger partial charge in [-0.3, -0.25) is 19.8 Å². The lowest BCUT2D eigenvalue weighted by atomic mass is 9.69. The van der Waals surface area contributed by atoms with Crippen LogP contribution in [0.4, 0.5) is 4.79 Å². The van der Waals surface area contributed by atoms with Crippen molar-refractivity contribution in [1.82, 2.24) is 10.2 Å². The van der Waals surface area contributed by atoms with E-state index in [-0.39, 0.29) is 12.3 Å². The summed E-state index contributed by atoms with van der Waals surface area (Å²) in [5.41, 5.74) is -1.19. The second-order valence-electron chi connectivity index (χ2n) is 4.78. The summed E-state index contributed by atoms with van der Waals surface area (Å²) in [5, 5.41) is 2.25. The van der Waals surface area contributed by atoms with Crippen molar-refractivity contribution in [3.8, 4) is 0 Å². The quantitative estimate of drug-likeness (QED) is 0.598. The molecule has 1 N–H and O–H groups in total. The third kappa shape index (κ3) is 2.05. The Morgan fingerprint density at radius 3 is 2.56 bits per heavy atom. The molecule has 1 aliphatic heterocycles. The van der Waals surface area contributed by atoms with E-state index in [2.05, 4.69) is 11.9 Å². The number of nitrogens with zero attached hydrogens (tertiary/aromatic N) is 1. The van der Waals surface area contributed by atoms with Crippen molar-refractivity contribution in [2.24, 2.45) is 11.3 Å². The largest absolute Gasteiger partial charge is 0.330 e. The van der Waals surface area contributed by atoms with Crippen molar-refractivity contribution < 1.29 is 14.4 Å². The summed E-state index contributed by atoms with van der Waals surface area (Å²) in [6.07, 6.45) is 3.43. The number of nitrogens with one attached hydrogen (secondary N) is 1. The second-order valence-corrected chi connectivity index (χ2v) is 4.78. The molecule has 5 heteroatoms. The van der Waals surface area contributed by atoms with E-state index in [1.165, 1.54) is 7.05 Å². The monoisotopic (exact) mass is 252 g/mol. The zero-order valence-corrected chi connectivity index (χ0v) is 11.2. The minimum absolute atomic E-state index is 0.136. The van der Waals surface area contributed by atoms with E-state index in [1.807, 2.05) is 13.8 Å². The van der Waals surface area contributed by atoms with E-state index in [0.29, 0.717) is 0 Å². The third-order valence-electron chi connectivity index (χ3n) is 3.65. The van der Waals surface area contributed by atoms with E-state index >= 15 is 0 Å². The summed E-state index contributed by atoms with van der Waals surface area (Å²) in [7, 11) is 1.39. The number of hydrogen-bond acceptors (Lipinski definition) is 3. The zero-order valence-electron chi connectivity index (χ0n) is 11.2. The maximum Gasteiger partial charge on any atom is 0.330 e. The number of imide groups is 2. The minimum atomic E-state index is -1.19. The van der Waals surface area contributed by atoms with Gasteiger partial charge in [0.1, 0.15) is 5.41 Å². The molecule has 0 aromatic heterocycles. The molecular weight excluding hydrogens is 232 g/mol. The molecule has 0 aromatic carbocycles. The van der Waals surface area contributed by atoms with Crippen LogP contribution in [0, 0.1) is 11.3 Å². The summed E-state index contributed by atoms with van der Waals surface area (Å²) in [4.78, 5) is 37.0. The normalized spacial score (nSPS) is 25.9. The Kier molecular flexibility index (Phi) is 4.27. The van der Waals surface area contributed by atoms with Gasteiger partial charge in [-0.15, -0.1) is 6.58 Å². The molecule has 100 valence electrons. The fourth-order valence-corrected chi connectivity index (χ4v) is 2.50. The highest BCUT2D eigenvalue weighted by atomic mass is 16.2. The molecule has 0 aliphatic carbocycles. The van der Waals surface area contributed by atoms with Crippen LogP contribution in [-0.4, -0.2) is 29.8 Å². The highest BCUT2D eigenvalue weighted by Gasteiger charge is 2.54. The van der Waals surface area contributed by atoms with Gasteiger partial charge in [0.15, 0.2) is 0 Å². The predicted molar refractivity (Wildman–Crippen MR) is 67.6 cm³/mol. The van der Waals surface area contributed by atoms with Gasteiger partial charge in [0.25, 0.3) is 0 Å². The number of hydrogen-bond donors (Lipinski definition) is 1. The molecule has 0 bridgehead atoms. The van der Waals surface area contributed by atoms with Crippen LogP contribution < -0.4 is 5.32 Å². The van der Waals surface area contributed by atoms with E-state index in [0.717, 1.165) is 17.7 Å². The number of barbiturate groups is 1. The van der Waals surface area contributed by atoms with Crippen LogP contribution in [0.3, 0.4) is 0 Å². The Morgan fingerprint density at radius 2 is 2.06 bits per heavy atom. The topological polar surface area (TPSA) is 66.5 Å². The molecule has 1 aliphatic rings. The van der Waals surface area contributed by atoms with Gasteiger partial charge in [0, 0.05) is 7.05 Å². The fraction of sp³-hybridized carbons (Fsp3) is 0.615. The van der Waals surface area contributed by atoms with Gasteiger partial charge in [-0.05, 0) is 18.8 Å². The highest BCUT2D eigenvalue weighted by Crippen LogP contribution is 2.39. The van der Waals surface area contributed by atoms with Crippen LogP contribution >= 0.6 is 0 Å². The zero-order chi connectivity index (χ0) is 13.9. The molecular formula is C13H20N2O3. The SMILES string of the molecule is C=CCC1(C(C)CCC)C(=O)NC(=O)N(C)C1=O. The molecule has 1 saturated heterocycles. The van der Waals surface area contributed by atoms with Crippen molar-refractivity contribution in [3.05, 3.63) is 12.7 Å². The maximum atomic E-state index is 12.4. The van der Waals surface area contributed by atoms with E-state index < -0.39 is 23.3 Å². The van der Waals surface area contributed by atoms with Gasteiger partial charge in [0.2, 0.25) is 11.8 Å². The van der Waals surface area contributed by atoms with Crippen LogP contribution in [0.5, 0.6) is 0 Å². The molecule has 2 unspecified atom stereocenters. The molecule has 0 radical (unpaired) electrons. The highest BCUT2D eigenvalue weighted by molar-refractivity contribution is 6.19. The molecule has 2 atom stereocenters. The van der Waals surface area contributed by atoms with Crippen LogP contribution in [0.1, 0.15) is 33.1 Å². The van der Waals surface area contributed by atoms with Crippen LogP contribution in [0.25, 0.3) is 0 Å². The van der Waals surface area contributed by atoms with Crippen LogP contribution in [0.2, 0.25) is 0 Å². The number of amides is 4. The van der Waals surface area contributed by atoms with E-state index in [9.17, 15) is 14.4 Å². The first-order valence-electron chi connectivity index (χ1n) is 6.16. The molecule has 18 heavy (non-hydrogen) atoms. The molecule has 5 nitrogen and oxygen atoms in total. The van der Waals surface area contributed by atoms with Crippen molar-refractivity contribution >= 4 is 17.8 Å². The second kappa shape index (κ2) is 5.33. The Bertz CT molecular complexity index is 392. The fourth-order valence-electron chi connectivity index (χ4n) is 2.50. The Labute approximate surface area is 107 Å². The van der Waals surface area contributed by atoms with Gasteiger partial charge in [-0.25, -0.2) is 4.79 Å². The number of rotatable bonds is 5. The lowest BCUT2D eigenvalue weighted by molar-refractivity contribution is -0.154. The molecule has 0 aromatic rings. The maximum absolute atomic E-state index is 12.4. The Hall–Kier alpha value is -1.65. The average molecular weight is 252 g/mol. The Balaban J connectivity index is 3.22. The molecule has 1 rings (SSSR count). The number of urea groups is 1. The molecule has 1 heterocycles. The van der Waals surface area contributed by atoms with E-state index in [4.69, 9.17) is 0 Å². The predicted octanol–water partition coefficient (Wildman–Crippen LogP) is 1.69. The lowest BCUT2D eigenvalue weighted by Crippen LogP contribution is -2.64. The van der Waals surface area contributed by atoms with Gasteiger partial charge in [-0.2, -0.15) is 0 Å². The average Bonchev–Trinajstić information content (AvgIpc) is 2.32. The van der Waals surface area contributed by atoms with Crippen molar-refractivity contribution in [2.45, 2.75) is 33.1 Å². The smallest absolute Gasteiger partial charge is 0.277 e. The molecule has 4 amide bonds. The Morgan fingerprint density at radius 1 is 1.44 bits per heavy atom. The molecule has 0 spiro atoms. The number of carbonyl (C=O) groups excluding carboxylic acids is 3. The molecule has 1 fully saturated rings. The summed E-state index contributed by atoms with van der Waals surface area (Å²) < 4.78 is 0. The van der Waals surface area contributed by atoms with Gasteiger partial charge < -0.3 is 0 Å². The van der Waals surface area contributed by atoms with Crippen LogP contribution in [-0.2, 0) is 9.59 Å². The molecule has 0 saturated carbocycles. The summed E-state index contributed by atoms with van der Waals surface area (Å²) in [5.74, 6) is -1.07. The first-order valence-corrected chi connectivity index (χ1v) is 6.16. The third-order valence-corrected chi connectivity index (χ3v) is 3.65. The van der Waals surface area contributed by atoms with Crippen molar-refractivity contribution in [3.63, 3.8) is 0 Å². The van der Waals surface area contributed by atoms with Crippen molar-refractivity contribution in [1.29, 1.82) is 0 Å². The standard InChI is InChI=1S/C13H20N2O3/c1-5-7-9(3)13(8-6-2)10(16)14-12(18)15(4)11(13)17/h6,9H,2,5,7-8H2,1,3-4H3,(H,14,16,18). The van der Waals surface area contributed by atoms with Crippen molar-refractivity contribution in [2.75, 3.05) is 7.05 Å². The summed E-state index contributed by atoms with van der Waals surface area (Å²) in [6, 6.07) is -0.659. The number of carbonyl (C=O) groups is 3. The van der Waals surface area contributed by atoms with E-state index in [1.54, 1.807) is 6.08 Å². The van der Waals surface area contributed by atoms with Gasteiger partial charge in [-0.1, -0.05) is 26.3 Å². The first-order chi connectivity index (χ1) is 8.41. The first kappa shape index (κ1) is 14.4. The van der Waals surface area contributed by atoms with Gasteiger partial charge >= 0.3 is 6.03 Å². The summed E-state index contributed by atoms with van der Waals surface area (Å²) in [6.45, 7) is 7.49. The lowest BCUT2D eigenvalue weighted by Gasteiger charge is -2.41. The van der Waals surface area contributed by atoms with Crippen LogP contribution in [0.15, 0.2) is 12.7 Å². The number of allylic oxidation sites excluding steroid dienone is 1. The minimum Gasteiger partial charge on any atom is -0.277 e. The summed E-state index contributed by atoms with van der Waals surface area (Å²) >= 11 is 0. The van der Waals surface area contributed by atoms with Gasteiger partial charge in [0.05, 0.1) is 0 Å².